The molecule has 0 spiro atoms. The van der Waals surface area contributed by atoms with Gasteiger partial charge in [0, 0.05) is 22.0 Å². The highest BCUT2D eigenvalue weighted by molar-refractivity contribution is 8.26. The fourth-order valence-electron chi connectivity index (χ4n) is 5.80. The van der Waals surface area contributed by atoms with Crippen LogP contribution < -0.4 is 15.9 Å². The van der Waals surface area contributed by atoms with E-state index >= 15 is 0 Å². The van der Waals surface area contributed by atoms with Crippen molar-refractivity contribution in [1.29, 1.82) is 0 Å². The van der Waals surface area contributed by atoms with Gasteiger partial charge in [0.25, 0.3) is 0 Å². The first-order chi connectivity index (χ1) is 14.6. The molecule has 2 aliphatic heterocycles. The van der Waals surface area contributed by atoms with Gasteiger partial charge >= 0.3 is 0 Å². The summed E-state index contributed by atoms with van der Waals surface area (Å²) in [4.78, 5) is 0. The van der Waals surface area contributed by atoms with Crippen LogP contribution in [0.3, 0.4) is 0 Å². The topological polar surface area (TPSA) is 0 Å². The van der Waals surface area contributed by atoms with Gasteiger partial charge in [0.05, 0.1) is 0 Å². The van der Waals surface area contributed by atoms with E-state index in [-0.39, 0.29) is 0 Å². The highest BCUT2D eigenvalue weighted by Crippen LogP contribution is 2.58. The van der Waals surface area contributed by atoms with Crippen molar-refractivity contribution in [2.24, 2.45) is 0 Å². The van der Waals surface area contributed by atoms with Crippen molar-refractivity contribution in [1.82, 2.24) is 0 Å². The number of benzene rings is 5. The van der Waals surface area contributed by atoms with E-state index in [9.17, 15) is 0 Å². The SMILES string of the molecule is Cc1ccc2cccc3c2c1-c1cccc2c1P3(=S)c1cccc3ccc(C)c-2c13. The summed E-state index contributed by atoms with van der Waals surface area (Å²) < 4.78 is 0. The van der Waals surface area contributed by atoms with Gasteiger partial charge in [-0.05, 0) is 68.8 Å². The minimum absolute atomic E-state index is 1.30. The van der Waals surface area contributed by atoms with Crippen molar-refractivity contribution in [2.45, 2.75) is 13.8 Å². The molecule has 7 rings (SSSR count). The van der Waals surface area contributed by atoms with Crippen LogP contribution in [0.2, 0.25) is 0 Å². The van der Waals surface area contributed by atoms with Gasteiger partial charge < -0.3 is 0 Å². The molecule has 0 nitrogen and oxygen atoms in total. The fraction of sp³-hybridized carbons (Fsp3) is 0.0714. The second kappa shape index (κ2) is 5.49. The van der Waals surface area contributed by atoms with E-state index in [0.29, 0.717) is 0 Å². The Balaban J connectivity index is 1.85. The van der Waals surface area contributed by atoms with Gasteiger partial charge in [0.15, 0.2) is 0 Å². The van der Waals surface area contributed by atoms with Crippen molar-refractivity contribution in [3.05, 3.63) is 90.0 Å². The molecule has 0 aromatic heterocycles. The fourth-order valence-corrected chi connectivity index (χ4v) is 10.8. The van der Waals surface area contributed by atoms with E-state index in [1.54, 1.807) is 0 Å². The third-order valence-electron chi connectivity index (χ3n) is 7.03. The Kier molecular flexibility index (Phi) is 3.11. The summed E-state index contributed by atoms with van der Waals surface area (Å²) in [6, 6.07) is 27.2. The first-order valence-corrected chi connectivity index (χ1v) is 13.2. The molecular formula is C28H19PS. The van der Waals surface area contributed by atoms with Crippen LogP contribution in [0, 0.1) is 13.8 Å². The lowest BCUT2D eigenvalue weighted by molar-refractivity contribution is 1.48. The minimum Gasteiger partial charge on any atom is -0.0825 e. The van der Waals surface area contributed by atoms with Crippen LogP contribution in [0.4, 0.5) is 0 Å². The molecular weight excluding hydrogens is 399 g/mol. The second-order valence-corrected chi connectivity index (χ2v) is 12.8. The Morgan fingerprint density at radius 2 is 1.03 bits per heavy atom. The molecule has 0 atom stereocenters. The summed E-state index contributed by atoms with van der Waals surface area (Å²) in [6.07, 6.45) is 0. The lowest BCUT2D eigenvalue weighted by Gasteiger charge is -2.39. The zero-order valence-electron chi connectivity index (χ0n) is 16.9. The Morgan fingerprint density at radius 1 is 0.567 bits per heavy atom. The summed E-state index contributed by atoms with van der Waals surface area (Å²) in [5.41, 5.74) is 8.12. The summed E-state index contributed by atoms with van der Waals surface area (Å²) in [5.74, 6) is 0. The van der Waals surface area contributed by atoms with Crippen molar-refractivity contribution in [3.63, 3.8) is 0 Å². The van der Waals surface area contributed by atoms with E-state index in [1.165, 1.54) is 70.8 Å². The first-order valence-electron chi connectivity index (χ1n) is 10.4. The van der Waals surface area contributed by atoms with E-state index in [4.69, 9.17) is 11.8 Å². The van der Waals surface area contributed by atoms with E-state index in [0.717, 1.165) is 0 Å². The van der Waals surface area contributed by atoms with Crippen molar-refractivity contribution in [2.75, 3.05) is 0 Å². The molecule has 30 heavy (non-hydrogen) atoms. The largest absolute Gasteiger partial charge is 0.0825 e. The Hall–Kier alpha value is -2.73. The number of fused-ring (bicyclic) bond motifs is 4. The van der Waals surface area contributed by atoms with Crippen LogP contribution in [-0.4, -0.2) is 0 Å². The molecule has 0 saturated carbocycles. The molecule has 2 heteroatoms. The van der Waals surface area contributed by atoms with Crippen molar-refractivity contribution in [3.8, 4) is 22.3 Å². The molecule has 0 amide bonds. The third-order valence-corrected chi connectivity index (χ3v) is 12.0. The second-order valence-electron chi connectivity index (χ2n) is 8.58. The predicted molar refractivity (Wildman–Crippen MR) is 135 cm³/mol. The molecule has 0 fully saturated rings. The molecule has 0 saturated heterocycles. The molecule has 0 radical (unpaired) electrons. The highest BCUT2D eigenvalue weighted by atomic mass is 32.4. The standard InChI is InChI=1S/C28H19PS/c1-16-12-14-18-6-3-10-22-26(18)24(16)20-8-5-9-21-25-17(2)13-15-19-7-4-11-23(27(19)25)29(22,30)28(20)21/h3-15H,1-2H3. The smallest absolute Gasteiger partial charge is 0.0404 e. The quantitative estimate of drug-likeness (QED) is 0.260. The third kappa shape index (κ3) is 1.79. The summed E-state index contributed by atoms with van der Waals surface area (Å²) >= 11 is 6.82. The average Bonchev–Trinajstić information content (AvgIpc) is 2.77. The molecule has 0 unspecified atom stereocenters. The monoisotopic (exact) mass is 418 g/mol. The summed E-state index contributed by atoms with van der Waals surface area (Å²) in [7, 11) is 0. The molecule has 2 aliphatic rings. The number of hydrogen-bond donors (Lipinski definition) is 0. The van der Waals surface area contributed by atoms with Crippen LogP contribution in [-0.2, 0) is 11.8 Å². The Bertz CT molecular complexity index is 1530. The van der Waals surface area contributed by atoms with Gasteiger partial charge in [-0.15, -0.1) is 0 Å². The maximum absolute atomic E-state index is 6.82. The molecule has 5 aromatic rings. The summed E-state index contributed by atoms with van der Waals surface area (Å²) in [6.45, 7) is 4.48. The maximum Gasteiger partial charge on any atom is 0.0404 e. The predicted octanol–water partition coefficient (Wildman–Crippen LogP) is 6.33. The molecule has 0 N–H and O–H groups in total. The van der Waals surface area contributed by atoms with E-state index in [2.05, 4.69) is 92.7 Å². The number of rotatable bonds is 0. The molecule has 0 bridgehead atoms. The molecule has 0 aliphatic carbocycles. The van der Waals surface area contributed by atoms with Crippen LogP contribution in [0.15, 0.2) is 78.9 Å². The zero-order valence-corrected chi connectivity index (χ0v) is 18.6. The van der Waals surface area contributed by atoms with Gasteiger partial charge in [-0.3, -0.25) is 0 Å². The van der Waals surface area contributed by atoms with E-state index in [1.807, 2.05) is 0 Å². The molecule has 142 valence electrons. The lowest BCUT2D eigenvalue weighted by atomic mass is 9.88. The molecule has 5 aromatic carbocycles. The highest BCUT2D eigenvalue weighted by Gasteiger charge is 2.41. The van der Waals surface area contributed by atoms with Crippen LogP contribution in [0.1, 0.15) is 11.1 Å². The average molecular weight is 419 g/mol. The lowest BCUT2D eigenvalue weighted by Crippen LogP contribution is -2.34. The normalized spacial score (nSPS) is 14.7. The van der Waals surface area contributed by atoms with Gasteiger partial charge in [0.1, 0.15) is 0 Å². The first kappa shape index (κ1) is 17.0. The zero-order chi connectivity index (χ0) is 20.2. The Labute approximate surface area is 181 Å². The van der Waals surface area contributed by atoms with E-state index < -0.39 is 6.04 Å². The van der Waals surface area contributed by atoms with Gasteiger partial charge in [-0.25, -0.2) is 0 Å². The van der Waals surface area contributed by atoms with Gasteiger partial charge in [0.2, 0.25) is 0 Å². The van der Waals surface area contributed by atoms with Gasteiger partial charge in [-0.2, -0.15) is 0 Å². The van der Waals surface area contributed by atoms with Crippen molar-refractivity contribution < 1.29 is 0 Å². The Morgan fingerprint density at radius 3 is 1.53 bits per heavy atom. The van der Waals surface area contributed by atoms with Crippen LogP contribution in [0.25, 0.3) is 43.8 Å². The molecule has 2 heterocycles. The number of hydrogen-bond acceptors (Lipinski definition) is 1. The maximum atomic E-state index is 6.82. The minimum atomic E-state index is -2.16. The summed E-state index contributed by atoms with van der Waals surface area (Å²) in [5, 5.41) is 9.49. The van der Waals surface area contributed by atoms with Crippen molar-refractivity contribution >= 4 is 55.3 Å². The van der Waals surface area contributed by atoms with Crippen LogP contribution >= 0.6 is 6.04 Å². The number of aryl methyl sites for hydroxylation is 2. The van der Waals surface area contributed by atoms with Gasteiger partial charge in [-0.1, -0.05) is 90.7 Å². The van der Waals surface area contributed by atoms with Crippen LogP contribution in [0.5, 0.6) is 0 Å².